The highest BCUT2D eigenvalue weighted by atomic mass is 15.0. The number of nitrogens with two attached hydrogens (primary N) is 1. The van der Waals surface area contributed by atoms with Crippen molar-refractivity contribution < 1.29 is 0 Å². The van der Waals surface area contributed by atoms with Gasteiger partial charge in [0.1, 0.15) is 0 Å². The van der Waals surface area contributed by atoms with Crippen LogP contribution in [0.1, 0.15) is 19.8 Å². The fourth-order valence-corrected chi connectivity index (χ4v) is 0.711. The summed E-state index contributed by atoms with van der Waals surface area (Å²) in [7, 11) is 0. The summed E-state index contributed by atoms with van der Waals surface area (Å²) in [5.74, 6) is 0. The first-order chi connectivity index (χ1) is 3.77. The molecule has 1 fully saturated rings. The highest BCUT2D eigenvalue weighted by molar-refractivity contribution is 5.00. The van der Waals surface area contributed by atoms with Crippen molar-refractivity contribution in [2.24, 2.45) is 5.73 Å². The van der Waals surface area contributed by atoms with Crippen LogP contribution in [-0.2, 0) is 0 Å². The van der Waals surface area contributed by atoms with Crippen LogP contribution in [0.2, 0.25) is 0 Å². The Kier molecular flexibility index (Phi) is 1.54. The maximum atomic E-state index is 5.77. The topological polar surface area (TPSA) is 38.0 Å². The Bertz CT molecular complexity index is 76.6. The fraction of sp³-hybridized carbons (Fsp3) is 1.00. The average molecular weight is 114 g/mol. The molecule has 0 unspecified atom stereocenters. The van der Waals surface area contributed by atoms with E-state index in [1.54, 1.807) is 0 Å². The molecule has 2 heteroatoms. The van der Waals surface area contributed by atoms with Crippen molar-refractivity contribution in [1.29, 1.82) is 0 Å². The zero-order valence-electron chi connectivity index (χ0n) is 5.41. The van der Waals surface area contributed by atoms with E-state index in [0.29, 0.717) is 0 Å². The summed E-state index contributed by atoms with van der Waals surface area (Å²) >= 11 is 0. The molecule has 1 aliphatic rings. The first-order valence-corrected chi connectivity index (χ1v) is 3.26. The van der Waals surface area contributed by atoms with Gasteiger partial charge in [-0.3, -0.25) is 0 Å². The number of hydrogen-bond donors (Lipinski definition) is 2. The molecule has 0 heterocycles. The predicted octanol–water partition coefficient (Wildman–Crippen LogP) is 0.0872. The third kappa shape index (κ3) is 1.46. The summed E-state index contributed by atoms with van der Waals surface area (Å²) in [5.41, 5.74) is 5.96. The van der Waals surface area contributed by atoms with Gasteiger partial charge in [0.05, 0.1) is 0 Å². The molecule has 0 aromatic rings. The molecule has 0 saturated heterocycles. The van der Waals surface area contributed by atoms with E-state index in [9.17, 15) is 0 Å². The smallest absolute Gasteiger partial charge is 0.0282 e. The maximum absolute atomic E-state index is 5.77. The van der Waals surface area contributed by atoms with E-state index in [2.05, 4.69) is 12.2 Å². The molecule has 2 nitrogen and oxygen atoms in total. The molecule has 0 aromatic carbocycles. The van der Waals surface area contributed by atoms with Gasteiger partial charge in [-0.15, -0.1) is 0 Å². The highest BCUT2D eigenvalue weighted by Gasteiger charge is 2.37. The number of hydrogen-bond acceptors (Lipinski definition) is 2. The van der Waals surface area contributed by atoms with Gasteiger partial charge in [-0.25, -0.2) is 0 Å². The summed E-state index contributed by atoms with van der Waals surface area (Å²) in [6.45, 7) is 4.15. The van der Waals surface area contributed by atoms with Crippen LogP contribution >= 0.6 is 0 Å². The molecule has 3 N–H and O–H groups in total. The molecular weight excluding hydrogens is 100 g/mol. The fourth-order valence-electron chi connectivity index (χ4n) is 0.711. The summed E-state index contributed by atoms with van der Waals surface area (Å²) in [6, 6.07) is 0. The lowest BCUT2D eigenvalue weighted by atomic mass is 10.3. The van der Waals surface area contributed by atoms with Gasteiger partial charge in [0.2, 0.25) is 0 Å². The van der Waals surface area contributed by atoms with E-state index in [4.69, 9.17) is 5.73 Å². The van der Waals surface area contributed by atoms with Crippen LogP contribution in [0.3, 0.4) is 0 Å². The van der Waals surface area contributed by atoms with Crippen molar-refractivity contribution in [1.82, 2.24) is 5.32 Å². The van der Waals surface area contributed by atoms with Gasteiger partial charge in [-0.1, -0.05) is 6.92 Å². The third-order valence-electron chi connectivity index (χ3n) is 1.62. The van der Waals surface area contributed by atoms with Gasteiger partial charge in [0.25, 0.3) is 0 Å². The minimum Gasteiger partial charge on any atom is -0.324 e. The second kappa shape index (κ2) is 2.03. The van der Waals surface area contributed by atoms with E-state index < -0.39 is 0 Å². The molecule has 0 bridgehead atoms. The van der Waals surface area contributed by atoms with Gasteiger partial charge in [0, 0.05) is 12.1 Å². The standard InChI is InChI=1S/C6H14N2/c1-2-8-5-6(7)3-4-6/h8H,2-5,7H2,1H3. The minimum atomic E-state index is 0.190. The van der Waals surface area contributed by atoms with E-state index in [1.807, 2.05) is 0 Å². The van der Waals surface area contributed by atoms with E-state index in [-0.39, 0.29) is 5.54 Å². The molecule has 0 aliphatic heterocycles. The van der Waals surface area contributed by atoms with Crippen molar-refractivity contribution in [2.75, 3.05) is 13.1 Å². The van der Waals surface area contributed by atoms with Crippen molar-refractivity contribution >= 4 is 0 Å². The van der Waals surface area contributed by atoms with Crippen molar-refractivity contribution in [3.63, 3.8) is 0 Å². The van der Waals surface area contributed by atoms with Crippen molar-refractivity contribution in [2.45, 2.75) is 25.3 Å². The largest absolute Gasteiger partial charge is 0.324 e. The zero-order chi connectivity index (χ0) is 6.04. The van der Waals surface area contributed by atoms with Crippen LogP contribution < -0.4 is 11.1 Å². The van der Waals surface area contributed by atoms with Crippen LogP contribution in [0.25, 0.3) is 0 Å². The third-order valence-corrected chi connectivity index (χ3v) is 1.62. The Hall–Kier alpha value is -0.0800. The molecule has 1 aliphatic carbocycles. The van der Waals surface area contributed by atoms with E-state index in [0.717, 1.165) is 13.1 Å². The van der Waals surface area contributed by atoms with Crippen LogP contribution in [0, 0.1) is 0 Å². The number of likely N-dealkylation sites (N-methyl/N-ethyl adjacent to an activating group) is 1. The lowest BCUT2D eigenvalue weighted by Crippen LogP contribution is -2.35. The monoisotopic (exact) mass is 114 g/mol. The van der Waals surface area contributed by atoms with Gasteiger partial charge in [0.15, 0.2) is 0 Å². The van der Waals surface area contributed by atoms with Crippen molar-refractivity contribution in [3.8, 4) is 0 Å². The van der Waals surface area contributed by atoms with Crippen LogP contribution in [0.15, 0.2) is 0 Å². The zero-order valence-corrected chi connectivity index (χ0v) is 5.41. The van der Waals surface area contributed by atoms with Gasteiger partial charge >= 0.3 is 0 Å². The lowest BCUT2D eigenvalue weighted by molar-refractivity contribution is 0.584. The van der Waals surface area contributed by atoms with Crippen LogP contribution in [0.5, 0.6) is 0 Å². The van der Waals surface area contributed by atoms with Gasteiger partial charge in [-0.05, 0) is 19.4 Å². The summed E-state index contributed by atoms with van der Waals surface area (Å²) in [5, 5.41) is 3.23. The second-order valence-corrected chi connectivity index (χ2v) is 2.64. The molecular formula is C6H14N2. The molecule has 0 amide bonds. The first kappa shape index (κ1) is 6.05. The van der Waals surface area contributed by atoms with Crippen LogP contribution in [-0.4, -0.2) is 18.6 Å². The molecule has 0 atom stereocenters. The Labute approximate surface area is 50.4 Å². The molecule has 8 heavy (non-hydrogen) atoms. The number of rotatable bonds is 3. The molecule has 0 spiro atoms. The first-order valence-electron chi connectivity index (χ1n) is 3.26. The normalized spacial score (nSPS) is 23.2. The van der Waals surface area contributed by atoms with Gasteiger partial charge in [-0.2, -0.15) is 0 Å². The molecule has 0 aromatic heterocycles. The lowest BCUT2D eigenvalue weighted by Gasteiger charge is -2.06. The molecule has 1 rings (SSSR count). The highest BCUT2D eigenvalue weighted by Crippen LogP contribution is 2.30. The van der Waals surface area contributed by atoms with Gasteiger partial charge < -0.3 is 11.1 Å². The molecule has 0 radical (unpaired) electrons. The molecule has 48 valence electrons. The molecule has 1 saturated carbocycles. The Morgan fingerprint density at radius 3 is 2.62 bits per heavy atom. The minimum absolute atomic E-state index is 0.190. The maximum Gasteiger partial charge on any atom is 0.0282 e. The summed E-state index contributed by atoms with van der Waals surface area (Å²) < 4.78 is 0. The average Bonchev–Trinajstić information content (AvgIpc) is 2.45. The summed E-state index contributed by atoms with van der Waals surface area (Å²) in [4.78, 5) is 0. The Morgan fingerprint density at radius 2 is 2.25 bits per heavy atom. The van der Waals surface area contributed by atoms with E-state index in [1.165, 1.54) is 12.8 Å². The van der Waals surface area contributed by atoms with E-state index >= 15 is 0 Å². The predicted molar refractivity (Wildman–Crippen MR) is 34.7 cm³/mol. The second-order valence-electron chi connectivity index (χ2n) is 2.64. The number of nitrogens with one attached hydrogen (secondary N) is 1. The summed E-state index contributed by atoms with van der Waals surface area (Å²) in [6.07, 6.45) is 2.42. The SMILES string of the molecule is CCNCC1(N)CC1. The quantitative estimate of drug-likeness (QED) is 0.545. The Morgan fingerprint density at radius 1 is 1.62 bits per heavy atom. The Balaban J connectivity index is 2.01. The van der Waals surface area contributed by atoms with Crippen LogP contribution in [0.4, 0.5) is 0 Å². The van der Waals surface area contributed by atoms with Crippen molar-refractivity contribution in [3.05, 3.63) is 0 Å².